The van der Waals surface area contributed by atoms with Crippen molar-refractivity contribution in [2.24, 2.45) is 5.14 Å². The number of hydrogen-bond donors (Lipinski definition) is 3. The summed E-state index contributed by atoms with van der Waals surface area (Å²) in [6, 6.07) is 10.5. The number of benzene rings is 1. The van der Waals surface area contributed by atoms with E-state index in [1.54, 1.807) is 37.6 Å². The Morgan fingerprint density at radius 2 is 2.00 bits per heavy atom. The molecule has 1 aromatic heterocycles. The predicted molar refractivity (Wildman–Crippen MR) is 81.3 cm³/mol. The Balaban J connectivity index is 2.01. The monoisotopic (exact) mass is 308 g/mol. The lowest BCUT2D eigenvalue weighted by molar-refractivity contribution is 0.397. The molecule has 0 spiro atoms. The number of rotatable bonds is 6. The van der Waals surface area contributed by atoms with Crippen LogP contribution < -0.4 is 19.9 Å². The zero-order valence-corrected chi connectivity index (χ0v) is 12.2. The Hall–Kier alpha value is -2.32. The number of nitrogens with zero attached hydrogens (tertiary/aromatic N) is 1. The van der Waals surface area contributed by atoms with Crippen LogP contribution in [0.15, 0.2) is 42.6 Å². The molecule has 0 aliphatic heterocycles. The van der Waals surface area contributed by atoms with Crippen molar-refractivity contribution in [1.29, 1.82) is 0 Å². The van der Waals surface area contributed by atoms with E-state index in [9.17, 15) is 8.42 Å². The van der Waals surface area contributed by atoms with Crippen LogP contribution in [0.5, 0.6) is 5.88 Å². The van der Waals surface area contributed by atoms with Crippen molar-refractivity contribution in [2.45, 2.75) is 6.54 Å². The van der Waals surface area contributed by atoms with Gasteiger partial charge in [0.25, 0.3) is 10.2 Å². The molecule has 0 fully saturated rings. The molecule has 0 aliphatic carbocycles. The van der Waals surface area contributed by atoms with Crippen LogP contribution in [0.25, 0.3) is 0 Å². The largest absolute Gasteiger partial charge is 0.481 e. The van der Waals surface area contributed by atoms with Crippen LogP contribution in [-0.4, -0.2) is 20.5 Å². The van der Waals surface area contributed by atoms with Crippen LogP contribution >= 0.6 is 0 Å². The average Bonchev–Trinajstić information content (AvgIpc) is 2.44. The van der Waals surface area contributed by atoms with Gasteiger partial charge in [0, 0.05) is 24.5 Å². The zero-order valence-electron chi connectivity index (χ0n) is 11.4. The Labute approximate surface area is 123 Å². The molecule has 0 unspecified atom stereocenters. The van der Waals surface area contributed by atoms with Gasteiger partial charge >= 0.3 is 0 Å². The van der Waals surface area contributed by atoms with Gasteiger partial charge in [-0.25, -0.2) is 10.1 Å². The quantitative estimate of drug-likeness (QED) is 0.746. The number of nitrogens with two attached hydrogens (primary N) is 1. The Morgan fingerprint density at radius 1 is 1.24 bits per heavy atom. The van der Waals surface area contributed by atoms with Gasteiger partial charge in [0.15, 0.2) is 0 Å². The Morgan fingerprint density at radius 3 is 2.62 bits per heavy atom. The van der Waals surface area contributed by atoms with Gasteiger partial charge < -0.3 is 10.1 Å². The molecule has 0 radical (unpaired) electrons. The molecule has 2 rings (SSSR count). The minimum absolute atomic E-state index is 0.398. The summed E-state index contributed by atoms with van der Waals surface area (Å²) >= 11 is 0. The Bertz CT molecular complexity index is 702. The summed E-state index contributed by atoms with van der Waals surface area (Å²) in [4.78, 5) is 4.11. The van der Waals surface area contributed by atoms with Crippen molar-refractivity contribution >= 4 is 21.6 Å². The second kappa shape index (κ2) is 6.42. The fourth-order valence-corrected chi connectivity index (χ4v) is 2.15. The first-order valence-corrected chi connectivity index (χ1v) is 7.64. The van der Waals surface area contributed by atoms with Crippen molar-refractivity contribution in [2.75, 3.05) is 17.1 Å². The summed E-state index contributed by atoms with van der Waals surface area (Å²) < 4.78 is 29.2. The van der Waals surface area contributed by atoms with E-state index in [1.165, 1.54) is 0 Å². The molecule has 0 saturated carbocycles. The van der Waals surface area contributed by atoms with Crippen molar-refractivity contribution in [1.82, 2.24) is 4.98 Å². The summed E-state index contributed by atoms with van der Waals surface area (Å²) in [6.07, 6.45) is 1.71. The lowest BCUT2D eigenvalue weighted by atomic mass is 10.2. The molecule has 21 heavy (non-hydrogen) atoms. The molecular formula is C13H16N4O3S. The minimum atomic E-state index is -3.77. The average molecular weight is 308 g/mol. The third kappa shape index (κ3) is 4.93. The van der Waals surface area contributed by atoms with Gasteiger partial charge in [-0.3, -0.25) is 4.72 Å². The lowest BCUT2D eigenvalue weighted by Gasteiger charge is -2.09. The van der Waals surface area contributed by atoms with Crippen molar-refractivity contribution in [3.05, 3.63) is 48.2 Å². The number of methoxy groups -OCH3 is 1. The highest BCUT2D eigenvalue weighted by Gasteiger charge is 2.03. The maximum absolute atomic E-state index is 11.0. The minimum Gasteiger partial charge on any atom is -0.481 e. The SMILES string of the molecule is COc1ccc(CNc2cccc(NS(N)(=O)=O)c2)cn1. The first kappa shape index (κ1) is 15.1. The van der Waals surface area contributed by atoms with Gasteiger partial charge in [-0.15, -0.1) is 0 Å². The lowest BCUT2D eigenvalue weighted by Crippen LogP contribution is -2.21. The number of ether oxygens (including phenoxy) is 1. The van der Waals surface area contributed by atoms with Crippen LogP contribution in [0, 0.1) is 0 Å². The van der Waals surface area contributed by atoms with Gasteiger partial charge in [-0.1, -0.05) is 12.1 Å². The maximum Gasteiger partial charge on any atom is 0.296 e. The van der Waals surface area contributed by atoms with Crippen molar-refractivity contribution in [3.63, 3.8) is 0 Å². The van der Waals surface area contributed by atoms with Gasteiger partial charge in [0.2, 0.25) is 5.88 Å². The highest BCUT2D eigenvalue weighted by Crippen LogP contribution is 2.16. The molecule has 112 valence electrons. The third-order valence-electron chi connectivity index (χ3n) is 2.63. The van der Waals surface area contributed by atoms with E-state index in [0.717, 1.165) is 11.3 Å². The molecule has 1 aromatic carbocycles. The van der Waals surface area contributed by atoms with Crippen molar-refractivity contribution in [3.8, 4) is 5.88 Å². The van der Waals surface area contributed by atoms with E-state index < -0.39 is 10.2 Å². The normalized spacial score (nSPS) is 11.0. The van der Waals surface area contributed by atoms with E-state index in [1.807, 2.05) is 12.1 Å². The van der Waals surface area contributed by atoms with E-state index in [-0.39, 0.29) is 0 Å². The van der Waals surface area contributed by atoms with Crippen molar-refractivity contribution < 1.29 is 13.2 Å². The van der Waals surface area contributed by atoms with E-state index in [4.69, 9.17) is 9.88 Å². The second-order valence-electron chi connectivity index (χ2n) is 4.29. The van der Waals surface area contributed by atoms with Gasteiger partial charge in [-0.05, 0) is 23.8 Å². The van der Waals surface area contributed by atoms with Crippen LogP contribution in [0.2, 0.25) is 0 Å². The molecule has 2 aromatic rings. The fourth-order valence-electron chi connectivity index (χ4n) is 1.70. The van der Waals surface area contributed by atoms with Crippen LogP contribution in [0.4, 0.5) is 11.4 Å². The van der Waals surface area contributed by atoms with Crippen LogP contribution in [0.3, 0.4) is 0 Å². The molecule has 0 saturated heterocycles. The molecule has 8 heteroatoms. The summed E-state index contributed by atoms with van der Waals surface area (Å²) in [5.74, 6) is 0.554. The maximum atomic E-state index is 11.0. The third-order valence-corrected chi connectivity index (χ3v) is 3.15. The first-order valence-electron chi connectivity index (χ1n) is 6.10. The molecule has 0 aliphatic rings. The molecule has 4 N–H and O–H groups in total. The summed E-state index contributed by atoms with van der Waals surface area (Å²) in [7, 11) is -2.21. The van der Waals surface area contributed by atoms with E-state index in [2.05, 4.69) is 15.0 Å². The summed E-state index contributed by atoms with van der Waals surface area (Å²) in [5, 5.41) is 8.10. The number of hydrogen-bond acceptors (Lipinski definition) is 5. The van der Waals surface area contributed by atoms with Crippen LogP contribution in [-0.2, 0) is 16.8 Å². The number of aromatic nitrogens is 1. The zero-order chi connectivity index (χ0) is 15.3. The fraction of sp³-hybridized carbons (Fsp3) is 0.154. The number of pyridine rings is 1. The molecule has 0 atom stereocenters. The molecule has 7 nitrogen and oxygen atoms in total. The first-order chi connectivity index (χ1) is 9.96. The molecule has 0 amide bonds. The number of nitrogens with one attached hydrogen (secondary N) is 2. The topological polar surface area (TPSA) is 106 Å². The highest BCUT2D eigenvalue weighted by atomic mass is 32.2. The Kier molecular flexibility index (Phi) is 4.61. The van der Waals surface area contributed by atoms with Gasteiger partial charge in [0.05, 0.1) is 12.8 Å². The molecular weight excluding hydrogens is 292 g/mol. The second-order valence-corrected chi connectivity index (χ2v) is 5.58. The standard InChI is InChI=1S/C13H16N4O3S/c1-20-13-6-5-10(9-16-13)8-15-11-3-2-4-12(7-11)17-21(14,18)19/h2-7,9,15,17H,8H2,1H3,(H2,14,18,19). The van der Waals surface area contributed by atoms with Crippen LogP contribution in [0.1, 0.15) is 5.56 Å². The molecule has 1 heterocycles. The summed E-state index contributed by atoms with van der Waals surface area (Å²) in [5.41, 5.74) is 2.13. The predicted octanol–water partition coefficient (Wildman–Crippen LogP) is 1.32. The van der Waals surface area contributed by atoms with E-state index in [0.29, 0.717) is 18.1 Å². The van der Waals surface area contributed by atoms with E-state index >= 15 is 0 Å². The summed E-state index contributed by atoms with van der Waals surface area (Å²) in [6.45, 7) is 0.551. The van der Waals surface area contributed by atoms with Gasteiger partial charge in [-0.2, -0.15) is 8.42 Å². The molecule has 0 bridgehead atoms. The smallest absolute Gasteiger partial charge is 0.296 e. The number of anilines is 2. The van der Waals surface area contributed by atoms with Gasteiger partial charge in [0.1, 0.15) is 0 Å². The highest BCUT2D eigenvalue weighted by molar-refractivity contribution is 7.90.